The van der Waals surface area contributed by atoms with E-state index >= 15 is 0 Å². The van der Waals surface area contributed by atoms with Crippen LogP contribution in [0, 0.1) is 29.1 Å². The average Bonchev–Trinajstić information content (AvgIpc) is 3.26. The van der Waals surface area contributed by atoms with Crippen LogP contribution in [-0.4, -0.2) is 10.8 Å². The molecular weight excluding hydrogens is 294 g/mol. The van der Waals surface area contributed by atoms with Crippen molar-refractivity contribution in [3.8, 4) is 0 Å². The lowest BCUT2D eigenvalue weighted by Crippen LogP contribution is -2.50. The molecule has 2 atom stereocenters. The molecule has 118 valence electrons. The van der Waals surface area contributed by atoms with Crippen LogP contribution in [0.25, 0.3) is 0 Å². The molecule has 5 aliphatic rings. The molecule has 4 bridgehead atoms. The lowest BCUT2D eigenvalue weighted by Gasteiger charge is -2.56. The largest absolute Gasteiger partial charge is 0.299 e. The Kier molecular flexibility index (Phi) is 3.38. The fourth-order valence-electron chi connectivity index (χ4n) is 6.25. The number of hydrogen-bond donors (Lipinski definition) is 0. The summed E-state index contributed by atoms with van der Waals surface area (Å²) in [6, 6.07) is 4.14. The van der Waals surface area contributed by atoms with Gasteiger partial charge in [-0.25, -0.2) is 0 Å². The van der Waals surface area contributed by atoms with Gasteiger partial charge in [0.1, 0.15) is 5.78 Å². The number of pyridine rings is 1. The quantitative estimate of drug-likeness (QED) is 0.827. The molecule has 0 saturated heterocycles. The Balaban J connectivity index is 0.00000125. The van der Waals surface area contributed by atoms with Crippen LogP contribution >= 0.6 is 12.4 Å². The number of nitrogens with zero attached hydrogens (tertiary/aromatic N) is 1. The van der Waals surface area contributed by atoms with Crippen LogP contribution in [0.15, 0.2) is 24.5 Å². The Hall–Kier alpha value is -0.890. The van der Waals surface area contributed by atoms with Gasteiger partial charge in [-0.15, -0.1) is 12.4 Å². The number of carbonyl (C=O) groups excluding carboxylic acids is 1. The highest BCUT2D eigenvalue weighted by Crippen LogP contribution is 2.63. The van der Waals surface area contributed by atoms with E-state index in [2.05, 4.69) is 11.1 Å². The highest BCUT2D eigenvalue weighted by molar-refractivity contribution is 5.90. The maximum absolute atomic E-state index is 13.2. The second-order valence-corrected chi connectivity index (χ2v) is 8.30. The van der Waals surface area contributed by atoms with Crippen LogP contribution < -0.4 is 0 Å². The van der Waals surface area contributed by atoms with E-state index in [4.69, 9.17) is 0 Å². The first kappa shape index (κ1) is 14.7. The first-order valence-electron chi connectivity index (χ1n) is 8.68. The fourth-order valence-corrected chi connectivity index (χ4v) is 6.25. The second kappa shape index (κ2) is 5.06. The van der Waals surface area contributed by atoms with Gasteiger partial charge in [0, 0.05) is 23.7 Å². The van der Waals surface area contributed by atoms with Gasteiger partial charge in [-0.2, -0.15) is 0 Å². The summed E-state index contributed by atoms with van der Waals surface area (Å²) in [4.78, 5) is 17.4. The Labute approximate surface area is 138 Å². The SMILES string of the molecule is Cl.O=C(C1CC1c1cccnc1)C12CC3CC(CC(C3)C1)C2. The maximum Gasteiger partial charge on any atom is 0.142 e. The molecule has 0 amide bonds. The van der Waals surface area contributed by atoms with E-state index in [-0.39, 0.29) is 17.8 Å². The summed E-state index contributed by atoms with van der Waals surface area (Å²) in [5.74, 6) is 4.03. The summed E-state index contributed by atoms with van der Waals surface area (Å²) in [7, 11) is 0. The zero-order chi connectivity index (χ0) is 14.0. The van der Waals surface area contributed by atoms with Crippen molar-refractivity contribution in [2.75, 3.05) is 0 Å². The summed E-state index contributed by atoms with van der Waals surface area (Å²) in [5.41, 5.74) is 1.37. The van der Waals surface area contributed by atoms with Crippen molar-refractivity contribution in [1.82, 2.24) is 4.98 Å². The highest BCUT2D eigenvalue weighted by atomic mass is 35.5. The van der Waals surface area contributed by atoms with E-state index in [1.807, 2.05) is 18.5 Å². The van der Waals surface area contributed by atoms with Gasteiger partial charge in [0.25, 0.3) is 0 Å². The molecular formula is C19H24ClNO. The standard InChI is InChI=1S/C19H23NO.ClH/c21-18(17-7-16(17)15-2-1-3-20-11-15)19-8-12-4-13(9-19)6-14(5-12)10-19;/h1-3,11-14,16-17H,4-10H2;1H. The molecule has 6 rings (SSSR count). The van der Waals surface area contributed by atoms with Crippen LogP contribution in [0.1, 0.15) is 56.4 Å². The molecule has 5 saturated carbocycles. The van der Waals surface area contributed by atoms with Gasteiger partial charge in [0.05, 0.1) is 0 Å². The smallest absolute Gasteiger partial charge is 0.142 e. The molecule has 0 aliphatic heterocycles. The molecule has 5 aliphatic carbocycles. The molecule has 5 fully saturated rings. The number of Topliss-reactive ketones (excluding diaryl/α,β-unsaturated/α-hetero) is 1. The summed E-state index contributed by atoms with van der Waals surface area (Å²) < 4.78 is 0. The van der Waals surface area contributed by atoms with Crippen molar-refractivity contribution in [2.24, 2.45) is 29.1 Å². The van der Waals surface area contributed by atoms with Crippen molar-refractivity contribution in [3.05, 3.63) is 30.1 Å². The minimum absolute atomic E-state index is 0. The lowest BCUT2D eigenvalue weighted by atomic mass is 9.48. The van der Waals surface area contributed by atoms with Crippen LogP contribution in [0.4, 0.5) is 0 Å². The molecule has 1 aromatic rings. The number of hydrogen-bond acceptors (Lipinski definition) is 2. The number of halogens is 1. The Morgan fingerprint density at radius 1 is 1.05 bits per heavy atom. The highest BCUT2D eigenvalue weighted by Gasteiger charge is 2.59. The van der Waals surface area contributed by atoms with Crippen molar-refractivity contribution in [2.45, 2.75) is 50.9 Å². The van der Waals surface area contributed by atoms with Gasteiger partial charge in [-0.1, -0.05) is 6.07 Å². The first-order chi connectivity index (χ1) is 10.2. The van der Waals surface area contributed by atoms with Crippen LogP contribution in [-0.2, 0) is 4.79 Å². The average molecular weight is 318 g/mol. The molecule has 1 heterocycles. The zero-order valence-corrected chi connectivity index (χ0v) is 13.7. The molecule has 1 aromatic heterocycles. The first-order valence-corrected chi connectivity index (χ1v) is 8.68. The third-order valence-corrected chi connectivity index (χ3v) is 6.80. The normalized spacial score (nSPS) is 44.5. The molecule has 22 heavy (non-hydrogen) atoms. The minimum atomic E-state index is 0. The molecule has 2 nitrogen and oxygen atoms in total. The maximum atomic E-state index is 13.2. The van der Waals surface area contributed by atoms with Crippen molar-refractivity contribution >= 4 is 18.2 Å². The predicted octanol–water partition coefficient (Wildman–Crippen LogP) is 4.39. The molecule has 0 N–H and O–H groups in total. The topological polar surface area (TPSA) is 30.0 Å². The summed E-state index contributed by atoms with van der Waals surface area (Å²) >= 11 is 0. The van der Waals surface area contributed by atoms with E-state index in [9.17, 15) is 4.79 Å². The predicted molar refractivity (Wildman–Crippen MR) is 87.9 cm³/mol. The van der Waals surface area contributed by atoms with Crippen LogP contribution in [0.2, 0.25) is 0 Å². The Morgan fingerprint density at radius 3 is 2.23 bits per heavy atom. The minimum Gasteiger partial charge on any atom is -0.299 e. The van der Waals surface area contributed by atoms with Gasteiger partial charge in [-0.05, 0) is 80.2 Å². The van der Waals surface area contributed by atoms with Gasteiger partial charge in [0.15, 0.2) is 0 Å². The lowest BCUT2D eigenvalue weighted by molar-refractivity contribution is -0.145. The van der Waals surface area contributed by atoms with E-state index < -0.39 is 0 Å². The Bertz CT molecular complexity index is 549. The summed E-state index contributed by atoms with van der Waals surface area (Å²) in [6.07, 6.45) is 12.8. The number of aromatic nitrogens is 1. The van der Waals surface area contributed by atoms with E-state index in [0.29, 0.717) is 17.6 Å². The van der Waals surface area contributed by atoms with Gasteiger partial charge in [0.2, 0.25) is 0 Å². The van der Waals surface area contributed by atoms with Crippen LogP contribution in [0.3, 0.4) is 0 Å². The van der Waals surface area contributed by atoms with Crippen LogP contribution in [0.5, 0.6) is 0 Å². The van der Waals surface area contributed by atoms with Crippen molar-refractivity contribution < 1.29 is 4.79 Å². The zero-order valence-electron chi connectivity index (χ0n) is 12.9. The molecule has 2 unspecified atom stereocenters. The van der Waals surface area contributed by atoms with E-state index in [0.717, 1.165) is 24.2 Å². The fraction of sp³-hybridized carbons (Fsp3) is 0.684. The third-order valence-electron chi connectivity index (χ3n) is 6.80. The number of ketones is 1. The number of carbonyl (C=O) groups is 1. The number of rotatable bonds is 3. The van der Waals surface area contributed by atoms with Crippen molar-refractivity contribution in [3.63, 3.8) is 0 Å². The van der Waals surface area contributed by atoms with E-state index in [1.54, 1.807) is 0 Å². The molecule has 0 spiro atoms. The van der Waals surface area contributed by atoms with Gasteiger partial charge >= 0.3 is 0 Å². The Morgan fingerprint density at radius 2 is 1.68 bits per heavy atom. The summed E-state index contributed by atoms with van der Waals surface area (Å²) in [5, 5.41) is 0. The molecule has 3 heteroatoms. The summed E-state index contributed by atoms with van der Waals surface area (Å²) in [6.45, 7) is 0. The third kappa shape index (κ3) is 2.14. The van der Waals surface area contributed by atoms with Gasteiger partial charge in [-0.3, -0.25) is 9.78 Å². The second-order valence-electron chi connectivity index (χ2n) is 8.30. The monoisotopic (exact) mass is 317 g/mol. The van der Waals surface area contributed by atoms with E-state index in [1.165, 1.54) is 44.1 Å². The molecule has 0 radical (unpaired) electrons. The molecule has 0 aromatic carbocycles. The van der Waals surface area contributed by atoms with Gasteiger partial charge < -0.3 is 0 Å². The van der Waals surface area contributed by atoms with Crippen molar-refractivity contribution in [1.29, 1.82) is 0 Å².